The molecule has 0 fully saturated rings. The first-order valence-electron chi connectivity index (χ1n) is 6.51. The van der Waals surface area contributed by atoms with Crippen LogP contribution in [0.5, 0.6) is 0 Å². The quantitative estimate of drug-likeness (QED) is 0.827. The number of nitriles is 1. The van der Waals surface area contributed by atoms with E-state index in [0.717, 1.165) is 12.2 Å². The maximum Gasteiger partial charge on any atom is 0.335 e. The standard InChI is InChI=1S/C15H20N2O3/c1-11(2)10-17(6-7-20-3)14-5-4-12(15(18)19)8-13(14)9-16/h4-5,8,11H,6-7,10H2,1-3H3,(H,18,19). The first-order chi connectivity index (χ1) is 9.49. The van der Waals surface area contributed by atoms with Gasteiger partial charge in [0.1, 0.15) is 6.07 Å². The van der Waals surface area contributed by atoms with Gasteiger partial charge in [-0.25, -0.2) is 4.79 Å². The molecule has 5 heteroatoms. The van der Waals surface area contributed by atoms with Crippen molar-refractivity contribution in [3.8, 4) is 6.07 Å². The second-order valence-corrected chi connectivity index (χ2v) is 4.98. The molecule has 0 spiro atoms. The van der Waals surface area contributed by atoms with E-state index in [0.29, 0.717) is 24.6 Å². The molecule has 0 radical (unpaired) electrons. The first kappa shape index (κ1) is 16.0. The van der Waals surface area contributed by atoms with Crippen LogP contribution in [0.2, 0.25) is 0 Å². The number of hydrogen-bond acceptors (Lipinski definition) is 4. The summed E-state index contributed by atoms with van der Waals surface area (Å²) < 4.78 is 5.09. The van der Waals surface area contributed by atoms with E-state index in [4.69, 9.17) is 9.84 Å². The van der Waals surface area contributed by atoms with Crippen molar-refractivity contribution in [3.05, 3.63) is 29.3 Å². The predicted octanol–water partition coefficient (Wildman–Crippen LogP) is 2.37. The number of aromatic carboxylic acids is 1. The van der Waals surface area contributed by atoms with Crippen molar-refractivity contribution in [2.75, 3.05) is 31.7 Å². The molecule has 1 N–H and O–H groups in total. The fourth-order valence-electron chi connectivity index (χ4n) is 1.99. The minimum absolute atomic E-state index is 0.126. The van der Waals surface area contributed by atoms with Gasteiger partial charge in [-0.3, -0.25) is 0 Å². The molecule has 0 aromatic heterocycles. The van der Waals surface area contributed by atoms with Gasteiger partial charge in [-0.05, 0) is 24.1 Å². The molecule has 1 aromatic carbocycles. The Bertz CT molecular complexity index is 506. The number of carboxylic acids is 1. The fraction of sp³-hybridized carbons (Fsp3) is 0.467. The number of carboxylic acid groups (broad SMARTS) is 1. The lowest BCUT2D eigenvalue weighted by Gasteiger charge is -2.27. The highest BCUT2D eigenvalue weighted by Crippen LogP contribution is 2.22. The van der Waals surface area contributed by atoms with Gasteiger partial charge < -0.3 is 14.7 Å². The average molecular weight is 276 g/mol. The summed E-state index contributed by atoms with van der Waals surface area (Å²) >= 11 is 0. The van der Waals surface area contributed by atoms with Crippen molar-refractivity contribution in [1.82, 2.24) is 0 Å². The van der Waals surface area contributed by atoms with Gasteiger partial charge in [-0.1, -0.05) is 13.8 Å². The van der Waals surface area contributed by atoms with Crippen LogP contribution in [-0.4, -0.2) is 37.9 Å². The SMILES string of the molecule is COCCN(CC(C)C)c1ccc(C(=O)O)cc1C#N. The maximum absolute atomic E-state index is 11.0. The number of carbonyl (C=O) groups is 1. The van der Waals surface area contributed by atoms with Gasteiger partial charge in [0.25, 0.3) is 0 Å². The number of ether oxygens (including phenoxy) is 1. The lowest BCUT2D eigenvalue weighted by Crippen LogP contribution is -2.31. The summed E-state index contributed by atoms with van der Waals surface area (Å²) in [6, 6.07) is 6.71. The van der Waals surface area contributed by atoms with E-state index in [1.165, 1.54) is 12.1 Å². The molecule has 0 bridgehead atoms. The largest absolute Gasteiger partial charge is 0.478 e. The van der Waals surface area contributed by atoms with Crippen molar-refractivity contribution in [3.63, 3.8) is 0 Å². The summed E-state index contributed by atoms with van der Waals surface area (Å²) in [5.74, 6) is -0.599. The van der Waals surface area contributed by atoms with E-state index >= 15 is 0 Å². The molecule has 0 unspecified atom stereocenters. The third-order valence-electron chi connectivity index (χ3n) is 2.86. The molecule has 108 valence electrons. The number of nitrogens with zero attached hydrogens (tertiary/aromatic N) is 2. The van der Waals surface area contributed by atoms with Crippen LogP contribution in [-0.2, 0) is 4.74 Å². The Morgan fingerprint density at radius 1 is 1.50 bits per heavy atom. The fourth-order valence-corrected chi connectivity index (χ4v) is 1.99. The van der Waals surface area contributed by atoms with Gasteiger partial charge in [0.05, 0.1) is 23.4 Å². The molecule has 1 rings (SSSR count). The Balaban J connectivity index is 3.11. The first-order valence-corrected chi connectivity index (χ1v) is 6.51. The Labute approximate surface area is 119 Å². The molecule has 5 nitrogen and oxygen atoms in total. The molecule has 0 amide bonds. The van der Waals surface area contributed by atoms with Crippen LogP contribution in [0.1, 0.15) is 29.8 Å². The van der Waals surface area contributed by atoms with Crippen molar-refractivity contribution in [2.24, 2.45) is 5.92 Å². The van der Waals surface area contributed by atoms with Crippen LogP contribution < -0.4 is 4.90 Å². The highest BCUT2D eigenvalue weighted by atomic mass is 16.5. The predicted molar refractivity (Wildman–Crippen MR) is 77.0 cm³/mol. The molecule has 0 aliphatic heterocycles. The lowest BCUT2D eigenvalue weighted by molar-refractivity contribution is 0.0697. The van der Waals surface area contributed by atoms with E-state index in [9.17, 15) is 10.1 Å². The summed E-state index contributed by atoms with van der Waals surface area (Å²) in [4.78, 5) is 13.0. The molecule has 0 aliphatic carbocycles. The molecule has 0 saturated heterocycles. The monoisotopic (exact) mass is 276 g/mol. The zero-order valence-electron chi connectivity index (χ0n) is 12.1. The second kappa shape index (κ2) is 7.51. The molecule has 0 saturated carbocycles. The number of anilines is 1. The van der Waals surface area contributed by atoms with Crippen molar-refractivity contribution < 1.29 is 14.6 Å². The van der Waals surface area contributed by atoms with E-state index in [2.05, 4.69) is 24.8 Å². The topological polar surface area (TPSA) is 73.6 Å². The summed E-state index contributed by atoms with van der Waals surface area (Å²) in [5.41, 5.74) is 1.26. The van der Waals surface area contributed by atoms with E-state index in [1.807, 2.05) is 0 Å². The Morgan fingerprint density at radius 3 is 2.70 bits per heavy atom. The molecule has 0 aliphatic rings. The smallest absolute Gasteiger partial charge is 0.335 e. The Morgan fingerprint density at radius 2 is 2.20 bits per heavy atom. The van der Waals surface area contributed by atoms with E-state index in [-0.39, 0.29) is 5.56 Å². The highest BCUT2D eigenvalue weighted by molar-refractivity contribution is 5.89. The lowest BCUT2D eigenvalue weighted by atomic mass is 10.1. The zero-order chi connectivity index (χ0) is 15.1. The molecule has 0 atom stereocenters. The van der Waals surface area contributed by atoms with E-state index in [1.54, 1.807) is 13.2 Å². The molecular weight excluding hydrogens is 256 g/mol. The maximum atomic E-state index is 11.0. The van der Waals surface area contributed by atoms with Gasteiger partial charge in [-0.15, -0.1) is 0 Å². The van der Waals surface area contributed by atoms with Gasteiger partial charge in [0.15, 0.2) is 0 Å². The van der Waals surface area contributed by atoms with Crippen LogP contribution >= 0.6 is 0 Å². The van der Waals surface area contributed by atoms with Gasteiger partial charge in [-0.2, -0.15) is 5.26 Å². The van der Waals surface area contributed by atoms with Crippen LogP contribution in [0.25, 0.3) is 0 Å². The zero-order valence-corrected chi connectivity index (χ0v) is 12.1. The summed E-state index contributed by atoms with van der Waals surface area (Å²) in [7, 11) is 1.63. The minimum atomic E-state index is -1.03. The van der Waals surface area contributed by atoms with Gasteiger partial charge in [0, 0.05) is 20.2 Å². The van der Waals surface area contributed by atoms with Crippen LogP contribution in [0.15, 0.2) is 18.2 Å². The molecule has 0 heterocycles. The second-order valence-electron chi connectivity index (χ2n) is 4.98. The minimum Gasteiger partial charge on any atom is -0.478 e. The summed E-state index contributed by atoms with van der Waals surface area (Å²) in [6.07, 6.45) is 0. The van der Waals surface area contributed by atoms with Crippen molar-refractivity contribution >= 4 is 11.7 Å². The van der Waals surface area contributed by atoms with Crippen molar-refractivity contribution in [1.29, 1.82) is 5.26 Å². The van der Waals surface area contributed by atoms with Crippen molar-refractivity contribution in [2.45, 2.75) is 13.8 Å². The average Bonchev–Trinajstić information content (AvgIpc) is 2.42. The third-order valence-corrected chi connectivity index (χ3v) is 2.86. The molecular formula is C15H20N2O3. The number of rotatable bonds is 7. The van der Waals surface area contributed by atoms with Gasteiger partial charge >= 0.3 is 5.97 Å². The van der Waals surface area contributed by atoms with E-state index < -0.39 is 5.97 Å². The number of hydrogen-bond donors (Lipinski definition) is 1. The summed E-state index contributed by atoms with van der Waals surface area (Å²) in [6.45, 7) is 6.19. The highest BCUT2D eigenvalue weighted by Gasteiger charge is 2.15. The Kier molecular flexibility index (Phi) is 6.01. The number of methoxy groups -OCH3 is 1. The summed E-state index contributed by atoms with van der Waals surface area (Å²) in [5, 5.41) is 18.2. The molecule has 20 heavy (non-hydrogen) atoms. The number of benzene rings is 1. The molecule has 1 aromatic rings. The third kappa shape index (κ3) is 4.25. The van der Waals surface area contributed by atoms with Crippen LogP contribution in [0, 0.1) is 17.2 Å². The van der Waals surface area contributed by atoms with Crippen LogP contribution in [0.4, 0.5) is 5.69 Å². The normalized spacial score (nSPS) is 10.3. The van der Waals surface area contributed by atoms with Crippen LogP contribution in [0.3, 0.4) is 0 Å². The Hall–Kier alpha value is -2.06. The van der Waals surface area contributed by atoms with Gasteiger partial charge in [0.2, 0.25) is 0 Å².